The van der Waals surface area contributed by atoms with Crippen molar-refractivity contribution < 1.29 is 14.3 Å². The Morgan fingerprint density at radius 1 is 1.52 bits per heavy atom. The molecule has 0 aliphatic carbocycles. The van der Waals surface area contributed by atoms with Crippen molar-refractivity contribution in [3.8, 4) is 0 Å². The Morgan fingerprint density at radius 3 is 3.05 bits per heavy atom. The summed E-state index contributed by atoms with van der Waals surface area (Å²) in [5.41, 5.74) is 0.0546. The van der Waals surface area contributed by atoms with E-state index in [0.717, 1.165) is 10.0 Å². The molecule has 1 N–H and O–H groups in total. The van der Waals surface area contributed by atoms with Gasteiger partial charge in [-0.15, -0.1) is 11.3 Å². The first-order valence-corrected chi connectivity index (χ1v) is 7.88. The van der Waals surface area contributed by atoms with E-state index in [2.05, 4.69) is 26.2 Å². The molecule has 0 saturated heterocycles. The number of nitrogens with zero attached hydrogens (tertiary/aromatic N) is 1. The Hall–Kier alpha value is -1.73. The molecule has 0 saturated carbocycles. The normalized spacial score (nSPS) is 20.6. The third kappa shape index (κ3) is 2.71. The summed E-state index contributed by atoms with van der Waals surface area (Å²) in [7, 11) is 0. The van der Waals surface area contributed by atoms with Crippen molar-refractivity contribution in [2.75, 3.05) is 5.32 Å². The van der Waals surface area contributed by atoms with Gasteiger partial charge in [0.2, 0.25) is 0 Å². The van der Waals surface area contributed by atoms with Crippen LogP contribution in [0, 0.1) is 0 Å². The van der Waals surface area contributed by atoms with Crippen molar-refractivity contribution in [3.63, 3.8) is 0 Å². The highest BCUT2D eigenvalue weighted by Gasteiger charge is 2.43. The second-order valence-electron chi connectivity index (χ2n) is 4.89. The van der Waals surface area contributed by atoms with Crippen LogP contribution in [0.1, 0.15) is 22.8 Å². The number of anilines is 1. The number of carbonyl (C=O) groups excluding carboxylic acids is 2. The molecular weight excluding hydrogens is 356 g/mol. The second kappa shape index (κ2) is 5.23. The van der Waals surface area contributed by atoms with Crippen LogP contribution in [0.3, 0.4) is 0 Å². The molecule has 1 aliphatic rings. The molecule has 108 valence electrons. The number of esters is 1. The summed E-state index contributed by atoms with van der Waals surface area (Å²) in [6.45, 7) is 1.61. The molecule has 1 atom stereocenters. The quantitative estimate of drug-likeness (QED) is 0.829. The Balaban J connectivity index is 1.88. The number of fused-ring (bicyclic) bond motifs is 1. The highest BCUT2D eigenvalue weighted by atomic mass is 79.9. The summed E-state index contributed by atoms with van der Waals surface area (Å²) in [4.78, 5) is 28.5. The van der Waals surface area contributed by atoms with Crippen molar-refractivity contribution in [2.45, 2.75) is 18.9 Å². The van der Waals surface area contributed by atoms with Gasteiger partial charge in [0.1, 0.15) is 0 Å². The molecular formula is C14H11BrN2O3S. The lowest BCUT2D eigenvalue weighted by Gasteiger charge is -2.32. The van der Waals surface area contributed by atoms with E-state index in [1.807, 2.05) is 12.1 Å². The third-order valence-electron chi connectivity index (χ3n) is 3.27. The lowest BCUT2D eigenvalue weighted by molar-refractivity contribution is -0.134. The Kier molecular flexibility index (Phi) is 3.54. The summed E-state index contributed by atoms with van der Waals surface area (Å²) in [6, 6.07) is 5.38. The predicted octanol–water partition coefficient (Wildman–Crippen LogP) is 3.02. The SMILES string of the molecule is C[C@]1(C(=O)Nc2nccs2)Cc2ccc(Br)cc2C(=O)O1. The summed E-state index contributed by atoms with van der Waals surface area (Å²) >= 11 is 4.63. The number of carbonyl (C=O) groups is 2. The summed E-state index contributed by atoms with van der Waals surface area (Å²) < 4.78 is 6.17. The fraction of sp³-hybridized carbons (Fsp3) is 0.214. The molecule has 0 fully saturated rings. The molecule has 3 rings (SSSR count). The number of hydrogen-bond acceptors (Lipinski definition) is 5. The van der Waals surface area contributed by atoms with E-state index in [-0.39, 0.29) is 5.91 Å². The number of amides is 1. The molecule has 1 aliphatic heterocycles. The maximum Gasteiger partial charge on any atom is 0.339 e. The zero-order valence-corrected chi connectivity index (χ0v) is 13.5. The molecule has 7 heteroatoms. The van der Waals surface area contributed by atoms with Crippen molar-refractivity contribution >= 4 is 44.3 Å². The molecule has 21 heavy (non-hydrogen) atoms. The Bertz CT molecular complexity index is 717. The molecule has 2 heterocycles. The fourth-order valence-corrected chi connectivity index (χ4v) is 3.08. The summed E-state index contributed by atoms with van der Waals surface area (Å²) in [5, 5.41) is 4.92. The number of thiazole rings is 1. The van der Waals surface area contributed by atoms with Crippen molar-refractivity contribution in [3.05, 3.63) is 45.4 Å². The van der Waals surface area contributed by atoms with Gasteiger partial charge < -0.3 is 4.74 Å². The number of benzene rings is 1. The predicted molar refractivity (Wildman–Crippen MR) is 82.4 cm³/mol. The maximum atomic E-state index is 12.4. The van der Waals surface area contributed by atoms with Crippen molar-refractivity contribution in [1.29, 1.82) is 0 Å². The number of aromatic nitrogens is 1. The van der Waals surface area contributed by atoms with Gasteiger partial charge in [0.15, 0.2) is 10.7 Å². The molecule has 0 unspecified atom stereocenters. The molecule has 0 bridgehead atoms. The highest BCUT2D eigenvalue weighted by molar-refractivity contribution is 9.10. The minimum atomic E-state index is -1.23. The first kappa shape index (κ1) is 14.2. The molecule has 1 amide bonds. The lowest BCUT2D eigenvalue weighted by Crippen LogP contribution is -2.48. The molecule has 0 radical (unpaired) electrons. The highest BCUT2D eigenvalue weighted by Crippen LogP contribution is 2.31. The summed E-state index contributed by atoms with van der Waals surface area (Å²) in [5.74, 6) is -0.867. The maximum absolute atomic E-state index is 12.4. The van der Waals surface area contributed by atoms with Gasteiger partial charge in [0, 0.05) is 22.5 Å². The van der Waals surface area contributed by atoms with Crippen molar-refractivity contribution in [1.82, 2.24) is 4.98 Å². The van der Waals surface area contributed by atoms with Crippen LogP contribution in [0.25, 0.3) is 0 Å². The number of rotatable bonds is 2. The van der Waals surface area contributed by atoms with E-state index in [1.54, 1.807) is 24.6 Å². The smallest absolute Gasteiger partial charge is 0.339 e. The van der Waals surface area contributed by atoms with Gasteiger partial charge in [0.25, 0.3) is 5.91 Å². The Labute approximate surface area is 133 Å². The van der Waals surface area contributed by atoms with Crippen LogP contribution in [0.2, 0.25) is 0 Å². The first-order chi connectivity index (χ1) is 9.98. The van der Waals surface area contributed by atoms with E-state index < -0.39 is 11.6 Å². The van der Waals surface area contributed by atoms with Crippen LogP contribution < -0.4 is 5.32 Å². The third-order valence-corrected chi connectivity index (χ3v) is 4.45. The van der Waals surface area contributed by atoms with Gasteiger partial charge >= 0.3 is 5.97 Å². The van der Waals surface area contributed by atoms with E-state index >= 15 is 0 Å². The number of nitrogens with one attached hydrogen (secondary N) is 1. The van der Waals surface area contributed by atoms with Gasteiger partial charge in [-0.2, -0.15) is 0 Å². The molecule has 2 aromatic rings. The van der Waals surface area contributed by atoms with Crippen LogP contribution in [-0.4, -0.2) is 22.5 Å². The number of cyclic esters (lactones) is 1. The first-order valence-electron chi connectivity index (χ1n) is 6.21. The standard InChI is InChI=1S/C14H11BrN2O3S/c1-14(12(19)17-13-16-4-5-21-13)7-8-2-3-9(15)6-10(8)11(18)20-14/h2-6H,7H2,1H3,(H,16,17,19)/t14-/m1/s1. The van der Waals surface area contributed by atoms with Crippen LogP contribution in [0.4, 0.5) is 5.13 Å². The molecule has 5 nitrogen and oxygen atoms in total. The summed E-state index contributed by atoms with van der Waals surface area (Å²) in [6.07, 6.45) is 1.93. The van der Waals surface area contributed by atoms with E-state index in [9.17, 15) is 9.59 Å². The minimum Gasteiger partial charge on any atom is -0.445 e. The van der Waals surface area contributed by atoms with E-state index in [4.69, 9.17) is 4.74 Å². The van der Waals surface area contributed by atoms with Crippen LogP contribution in [0.5, 0.6) is 0 Å². The second-order valence-corrected chi connectivity index (χ2v) is 6.70. The van der Waals surface area contributed by atoms with Crippen LogP contribution in [-0.2, 0) is 16.0 Å². The van der Waals surface area contributed by atoms with Gasteiger partial charge in [-0.05, 0) is 24.6 Å². The number of hydrogen-bond donors (Lipinski definition) is 1. The number of halogens is 1. The lowest BCUT2D eigenvalue weighted by atomic mass is 9.89. The van der Waals surface area contributed by atoms with Crippen LogP contribution >= 0.6 is 27.3 Å². The average molecular weight is 367 g/mol. The number of ether oxygens (including phenoxy) is 1. The van der Waals surface area contributed by atoms with Gasteiger partial charge in [-0.3, -0.25) is 10.1 Å². The van der Waals surface area contributed by atoms with Gasteiger partial charge in [0.05, 0.1) is 5.56 Å². The molecule has 0 spiro atoms. The fourth-order valence-electron chi connectivity index (χ4n) is 2.19. The monoisotopic (exact) mass is 366 g/mol. The zero-order chi connectivity index (χ0) is 15.0. The van der Waals surface area contributed by atoms with Crippen LogP contribution in [0.15, 0.2) is 34.2 Å². The van der Waals surface area contributed by atoms with Crippen molar-refractivity contribution in [2.24, 2.45) is 0 Å². The molecule has 1 aromatic carbocycles. The average Bonchev–Trinajstić information content (AvgIpc) is 2.92. The zero-order valence-electron chi connectivity index (χ0n) is 11.1. The van der Waals surface area contributed by atoms with E-state index in [0.29, 0.717) is 17.1 Å². The van der Waals surface area contributed by atoms with E-state index in [1.165, 1.54) is 11.3 Å². The topological polar surface area (TPSA) is 68.3 Å². The minimum absolute atomic E-state index is 0.332. The van der Waals surface area contributed by atoms with Gasteiger partial charge in [-0.1, -0.05) is 22.0 Å². The van der Waals surface area contributed by atoms with Gasteiger partial charge in [-0.25, -0.2) is 9.78 Å². The Morgan fingerprint density at radius 2 is 2.33 bits per heavy atom. The largest absolute Gasteiger partial charge is 0.445 e. The molecule has 1 aromatic heterocycles.